The number of nitrogens with one attached hydrogen (secondary N) is 2. The summed E-state index contributed by atoms with van der Waals surface area (Å²) in [4.78, 5) is 109. The first-order valence-corrected chi connectivity index (χ1v) is 34.8. The van der Waals surface area contributed by atoms with Crippen LogP contribution in [0.3, 0.4) is 0 Å². The maximum absolute atomic E-state index is 13.2. The van der Waals surface area contributed by atoms with E-state index in [9.17, 15) is 38.4 Å². The van der Waals surface area contributed by atoms with Crippen LogP contribution >= 0.6 is 11.6 Å². The molecule has 0 aliphatic rings. The maximum Gasteiger partial charge on any atom is 0.416 e. The number of ether oxygens (including phenoxy) is 6. The zero-order valence-electron chi connectivity index (χ0n) is 66.1. The Bertz CT molecular complexity index is 4280. The number of nitrogens with zero attached hydrogens (tertiary/aromatic N) is 8. The number of halogens is 1. The van der Waals surface area contributed by atoms with Gasteiger partial charge in [-0.1, -0.05) is 84.9 Å². The van der Waals surface area contributed by atoms with Crippen molar-refractivity contribution in [2.45, 2.75) is 164 Å². The molecule has 0 unspecified atom stereocenters. The van der Waals surface area contributed by atoms with Crippen molar-refractivity contribution in [3.05, 3.63) is 202 Å². The Kier molecular flexibility index (Phi) is 37.0. The van der Waals surface area contributed by atoms with Gasteiger partial charge in [0, 0.05) is 81.8 Å². The Morgan fingerprint density at radius 2 is 0.972 bits per heavy atom. The summed E-state index contributed by atoms with van der Waals surface area (Å²) < 4.78 is 47.9. The molecule has 0 fully saturated rings. The smallest absolute Gasteiger partial charge is 0.416 e. The number of carboxylic acid groups (broad SMARTS) is 1. The molecule has 6 N–H and O–H groups in total. The van der Waals surface area contributed by atoms with Crippen LogP contribution in [0.4, 0.5) is 21.2 Å². The van der Waals surface area contributed by atoms with E-state index in [1.807, 2.05) is 168 Å². The van der Waals surface area contributed by atoms with Gasteiger partial charge < -0.3 is 50.3 Å². The number of amides is 4. The number of aryl methyl sites for hydroxylation is 4. The minimum atomic E-state index is -1.10. The normalized spacial score (nSPS) is 11.4. The van der Waals surface area contributed by atoms with E-state index >= 15 is 0 Å². The molecule has 108 heavy (non-hydrogen) atoms. The minimum Gasteiger partial charge on any atom is -0.485 e. The average Bonchev–Trinajstić information content (AvgIpc) is 1.66. The van der Waals surface area contributed by atoms with Gasteiger partial charge in [0.05, 0.1) is 70.1 Å². The molecule has 29 heteroatoms. The van der Waals surface area contributed by atoms with E-state index < -0.39 is 53.2 Å². The number of methoxy groups -OCH3 is 2. The second-order valence-corrected chi connectivity index (χ2v) is 27.4. The molecule has 0 aliphatic carbocycles. The second-order valence-electron chi connectivity index (χ2n) is 26.8. The van der Waals surface area contributed by atoms with Gasteiger partial charge >= 0.3 is 30.1 Å². The standard InChI is InChI=1S/C40H49N5O7.C22H23ClN2O3.C17H25N3O5.BH2.H3N.U/c1-27-18-19-41-35(21-27)44(39(49)52-40(4,5)6)20-12-17-36(47)42-25-34(46)23-32(24-37(48)50-7)31-15-11-16-33(22-31)45-29(3)38(28(2)43-45)51-26-30-13-9-8-10-14-30;1-15-22(28-14-17-8-5-4-6-9-17)16(2)25(24-15)19-11-7-10-18(12-19)20(23)13-21(26)27-3;1-12-7-8-18-13(10-12)20(16(24)25-17(2,3)4)9-5-6-14(21)19-11-15(22)23;;;/h8-11,13-16,18-19,21-22,32H,12,17,20,23-26H2,1-7H3,(H,42,47);4-12,20H,13-14H2,1-3H3;7-8,10H,5-6,9,11H2,1-4H3,(H,19,21)(H,22,23);1H2;1H3;/t32-;20-;;;;/m00..../s1/i;;;1T2;;. The first-order valence-electron chi connectivity index (χ1n) is 35.5. The van der Waals surface area contributed by atoms with Crippen LogP contribution in [0.1, 0.15) is 154 Å². The zero-order chi connectivity index (χ0) is 79.7. The number of pyridine rings is 2. The fraction of sp³-hybridized carbons (Fsp3) is 0.392. The molecule has 0 saturated heterocycles. The number of Topliss-reactive ketones (excluding diaryl/α,β-unsaturated/α-hetero) is 1. The van der Waals surface area contributed by atoms with Crippen molar-refractivity contribution in [2.24, 2.45) is 0 Å². The van der Waals surface area contributed by atoms with Crippen molar-refractivity contribution in [2.75, 3.05) is 50.2 Å². The van der Waals surface area contributed by atoms with Crippen molar-refractivity contribution in [3.63, 3.8) is 0 Å². The number of carboxylic acids is 1. The van der Waals surface area contributed by atoms with E-state index in [1.165, 1.54) is 24.0 Å². The predicted molar refractivity (Wildman–Crippen MR) is 413 cm³/mol. The molecule has 4 amide bonds. The number of hydrogen-bond donors (Lipinski definition) is 4. The number of alkyl halides is 1. The number of ketones is 1. The van der Waals surface area contributed by atoms with E-state index in [4.69, 9.17) is 52.9 Å². The quantitative estimate of drug-likeness (QED) is 0.0141. The van der Waals surface area contributed by atoms with Gasteiger partial charge in [0.15, 0.2) is 17.3 Å². The molecule has 577 valence electrons. The summed E-state index contributed by atoms with van der Waals surface area (Å²) in [5, 5.41) is 22.4. The summed E-state index contributed by atoms with van der Waals surface area (Å²) in [5.41, 5.74) is 9.14. The Balaban J connectivity index is 0.000000456. The molecule has 4 heterocycles. The molecule has 2 atom stereocenters. The maximum atomic E-state index is 13.2. The summed E-state index contributed by atoms with van der Waals surface area (Å²) in [6.07, 6.45) is 3.05. The first kappa shape index (κ1) is 88.8. The Hall–Kier alpha value is -9.87. The van der Waals surface area contributed by atoms with Gasteiger partial charge in [-0.15, -0.1) is 11.6 Å². The summed E-state index contributed by atoms with van der Waals surface area (Å²) in [5.74, 6) is -1.02. The van der Waals surface area contributed by atoms with E-state index in [0.29, 0.717) is 51.8 Å². The van der Waals surface area contributed by atoms with Crippen LogP contribution in [-0.2, 0) is 60.9 Å². The van der Waals surface area contributed by atoms with Gasteiger partial charge in [0.25, 0.3) is 0 Å². The zero-order valence-corrected chi connectivity index (χ0v) is 69.0. The largest absolute Gasteiger partial charge is 0.485 e. The van der Waals surface area contributed by atoms with Crippen molar-refractivity contribution in [1.29, 1.82) is 2.67 Å². The van der Waals surface area contributed by atoms with Crippen molar-refractivity contribution in [3.8, 4) is 22.9 Å². The van der Waals surface area contributed by atoms with Crippen LogP contribution < -0.4 is 36.1 Å². The van der Waals surface area contributed by atoms with E-state index in [1.54, 1.807) is 70.8 Å². The SMILES string of the molecule is COC(=O)C[C@H](CC(=O)CNC(=O)CCCN(C(=O)OC(C)(C)C)c1cc(C)ccn1)c1cccc(-n2nc(C)c(OCc3ccccc3)c2C)c1.COC(=O)C[C@H](Cl)c1cccc(-n2nc(C)c(OCc3ccccc3)c2C)c1.Cc1ccnc(N(CCCC(=O)NCC(=O)O)C(=O)OC(C)(C)C)c1.N.[3H][B][3H].[U]. The molecule has 4 aromatic carbocycles. The molecule has 0 bridgehead atoms. The van der Waals surface area contributed by atoms with Crippen LogP contribution in [0.15, 0.2) is 146 Å². The van der Waals surface area contributed by atoms with Gasteiger partial charge in [-0.05, 0) is 181 Å². The third-order valence-electron chi connectivity index (χ3n) is 15.7. The molecule has 0 aliphatic heterocycles. The molecule has 0 saturated carbocycles. The van der Waals surface area contributed by atoms with Crippen LogP contribution in [0.25, 0.3) is 11.4 Å². The van der Waals surface area contributed by atoms with Gasteiger partial charge in [-0.3, -0.25) is 38.6 Å². The summed E-state index contributed by atoms with van der Waals surface area (Å²) in [7, 11) is 3.17. The van der Waals surface area contributed by atoms with Gasteiger partial charge in [-0.25, -0.2) is 28.9 Å². The molecule has 8 aromatic rings. The van der Waals surface area contributed by atoms with Crippen LogP contribution in [-0.4, -0.2) is 145 Å². The number of aromatic nitrogens is 6. The van der Waals surface area contributed by atoms with Crippen molar-refractivity contribution >= 4 is 79.3 Å². The summed E-state index contributed by atoms with van der Waals surface area (Å²) in [6, 6.07) is 42.3. The monoisotopic (exact) mass is 1730 g/mol. The van der Waals surface area contributed by atoms with Crippen molar-refractivity contribution < 1.29 is 103 Å². The van der Waals surface area contributed by atoms with Gasteiger partial charge in [-0.2, -0.15) is 10.2 Å². The first-order chi connectivity index (χ1) is 51.2. The van der Waals surface area contributed by atoms with Crippen LogP contribution in [0, 0.1) is 72.7 Å². The fourth-order valence-electron chi connectivity index (χ4n) is 10.6. The summed E-state index contributed by atoms with van der Waals surface area (Å²) in [6.45, 7) is 22.8. The molecule has 8 rings (SSSR count). The molecule has 1 radical (unpaired) electrons. The molecular weight excluding hydrogens is 1630 g/mol. The number of carbonyl (C=O) groups is 8. The Morgan fingerprint density at radius 3 is 1.38 bits per heavy atom. The van der Waals surface area contributed by atoms with Crippen molar-refractivity contribution in [1.82, 2.24) is 46.3 Å². The predicted octanol–water partition coefficient (Wildman–Crippen LogP) is 13.0. The van der Waals surface area contributed by atoms with E-state index in [0.717, 1.165) is 73.3 Å². The minimum absolute atomic E-state index is 0. The molecule has 4 aromatic heterocycles. The van der Waals surface area contributed by atoms with E-state index in [-0.39, 0.29) is 113 Å². The molecular formula is C79H102BClN11O15U. The third-order valence-corrected chi connectivity index (χ3v) is 16.1. The van der Waals surface area contributed by atoms with Crippen LogP contribution in [0.5, 0.6) is 11.5 Å². The van der Waals surface area contributed by atoms with E-state index in [2.05, 4.69) is 25.7 Å². The Morgan fingerprint density at radius 1 is 0.565 bits per heavy atom. The third kappa shape index (κ3) is 30.8. The number of esters is 2. The number of benzene rings is 4. The number of rotatable bonds is 30. The summed E-state index contributed by atoms with van der Waals surface area (Å²) >= 11 is 6.38. The topological polar surface area (TPSA) is 339 Å². The molecule has 26 nitrogen and oxygen atoms in total. The number of aliphatic carboxylic acids is 1. The number of anilines is 2. The average molecular weight is 1730 g/mol. The number of hydrogen-bond acceptors (Lipinski definition) is 19. The second kappa shape index (κ2) is 45.1. The molecule has 0 spiro atoms. The van der Waals surface area contributed by atoms with Crippen LogP contribution in [0.2, 0.25) is 0 Å². The fourth-order valence-corrected chi connectivity index (χ4v) is 10.9. The van der Waals surface area contributed by atoms with Gasteiger partial charge in [0.1, 0.15) is 54.0 Å². The number of carbonyl (C=O) groups excluding carboxylic acids is 7. The van der Waals surface area contributed by atoms with Gasteiger partial charge in [0.2, 0.25) is 11.8 Å². The Labute approximate surface area is 665 Å².